The molecule has 2 amide bonds. The van der Waals surface area contributed by atoms with Crippen molar-refractivity contribution in [2.24, 2.45) is 5.10 Å². The third-order valence-corrected chi connectivity index (χ3v) is 6.22. The summed E-state index contributed by atoms with van der Waals surface area (Å²) in [6.07, 6.45) is 3.62. The van der Waals surface area contributed by atoms with E-state index in [0.717, 1.165) is 55.2 Å². The Morgan fingerprint density at radius 2 is 1.62 bits per heavy atom. The third kappa shape index (κ3) is 7.10. The SMILES string of the molecule is O=C(NC(CSCc1ccccc1)C(=O)NN=C1CCCC1)c1cc([N+](=O)[O-])cc([N+](=O)[O-])c1. The van der Waals surface area contributed by atoms with E-state index in [1.165, 1.54) is 11.8 Å². The molecule has 178 valence electrons. The van der Waals surface area contributed by atoms with Crippen LogP contribution in [0.15, 0.2) is 53.6 Å². The number of nitrogens with one attached hydrogen (secondary N) is 2. The number of amides is 2. The highest BCUT2D eigenvalue weighted by atomic mass is 32.2. The first-order chi connectivity index (χ1) is 16.3. The Balaban J connectivity index is 1.75. The minimum atomic E-state index is -1.01. The molecule has 0 radical (unpaired) electrons. The fourth-order valence-electron chi connectivity index (χ4n) is 3.34. The number of nitrogens with zero attached hydrogens (tertiary/aromatic N) is 3. The first kappa shape index (κ1) is 24.8. The summed E-state index contributed by atoms with van der Waals surface area (Å²) in [4.78, 5) is 46.3. The predicted octanol–water partition coefficient (Wildman–Crippen LogP) is 3.58. The first-order valence-electron chi connectivity index (χ1n) is 10.5. The van der Waals surface area contributed by atoms with E-state index in [9.17, 15) is 29.8 Å². The maximum absolute atomic E-state index is 12.8. The predicted molar refractivity (Wildman–Crippen MR) is 128 cm³/mol. The van der Waals surface area contributed by atoms with E-state index in [-0.39, 0.29) is 11.3 Å². The van der Waals surface area contributed by atoms with Crippen LogP contribution in [0.3, 0.4) is 0 Å². The second-order valence-electron chi connectivity index (χ2n) is 7.64. The zero-order chi connectivity index (χ0) is 24.5. The summed E-state index contributed by atoms with van der Waals surface area (Å²) in [7, 11) is 0. The summed E-state index contributed by atoms with van der Waals surface area (Å²) in [5.41, 5.74) is 2.95. The molecule has 12 heteroatoms. The van der Waals surface area contributed by atoms with Crippen LogP contribution >= 0.6 is 11.8 Å². The van der Waals surface area contributed by atoms with Gasteiger partial charge in [-0.1, -0.05) is 30.3 Å². The molecule has 1 atom stereocenters. The molecule has 2 aromatic rings. The Morgan fingerprint density at radius 1 is 1.00 bits per heavy atom. The van der Waals surface area contributed by atoms with Crippen molar-refractivity contribution in [1.29, 1.82) is 0 Å². The molecular weight excluding hydrogens is 462 g/mol. The normalized spacial score (nSPS) is 13.7. The van der Waals surface area contributed by atoms with Gasteiger partial charge in [0, 0.05) is 29.4 Å². The van der Waals surface area contributed by atoms with Crippen molar-refractivity contribution in [3.05, 3.63) is 79.9 Å². The molecule has 2 aromatic carbocycles. The summed E-state index contributed by atoms with van der Waals surface area (Å²) in [6.45, 7) is 0. The van der Waals surface area contributed by atoms with Crippen LogP contribution in [0.2, 0.25) is 0 Å². The lowest BCUT2D eigenvalue weighted by Gasteiger charge is -2.17. The zero-order valence-electron chi connectivity index (χ0n) is 18.1. The summed E-state index contributed by atoms with van der Waals surface area (Å²) in [5, 5.41) is 29.0. The molecule has 0 heterocycles. The van der Waals surface area contributed by atoms with Crippen LogP contribution in [0.25, 0.3) is 0 Å². The first-order valence-corrected chi connectivity index (χ1v) is 11.7. The van der Waals surface area contributed by atoms with Gasteiger partial charge in [-0.3, -0.25) is 29.8 Å². The van der Waals surface area contributed by atoms with Crippen molar-refractivity contribution in [1.82, 2.24) is 10.7 Å². The number of hydrogen-bond acceptors (Lipinski definition) is 8. The molecule has 34 heavy (non-hydrogen) atoms. The average Bonchev–Trinajstić information content (AvgIpc) is 3.36. The fraction of sp³-hybridized carbons (Fsp3) is 0.318. The van der Waals surface area contributed by atoms with Crippen molar-refractivity contribution >= 4 is 40.7 Å². The van der Waals surface area contributed by atoms with Crippen LogP contribution in [0.5, 0.6) is 0 Å². The molecule has 3 rings (SSSR count). The lowest BCUT2D eigenvalue weighted by Crippen LogP contribution is -2.47. The Morgan fingerprint density at radius 3 is 2.21 bits per heavy atom. The molecule has 1 fully saturated rings. The fourth-order valence-corrected chi connectivity index (χ4v) is 4.35. The molecule has 1 saturated carbocycles. The third-order valence-electron chi connectivity index (χ3n) is 5.11. The highest BCUT2D eigenvalue weighted by Crippen LogP contribution is 2.23. The number of nitro benzene ring substituents is 2. The zero-order valence-corrected chi connectivity index (χ0v) is 19.0. The molecule has 11 nitrogen and oxygen atoms in total. The molecule has 0 spiro atoms. The maximum atomic E-state index is 12.8. The molecule has 1 aliphatic rings. The van der Waals surface area contributed by atoms with Gasteiger partial charge >= 0.3 is 0 Å². The maximum Gasteiger partial charge on any atom is 0.277 e. The summed E-state index contributed by atoms with van der Waals surface area (Å²) >= 11 is 1.41. The van der Waals surface area contributed by atoms with E-state index in [1.807, 2.05) is 30.3 Å². The Labute approximate surface area is 199 Å². The van der Waals surface area contributed by atoms with Gasteiger partial charge in [0.25, 0.3) is 23.2 Å². The summed E-state index contributed by atoms with van der Waals surface area (Å²) in [6, 6.07) is 11.2. The smallest absolute Gasteiger partial charge is 0.277 e. The van der Waals surface area contributed by atoms with Gasteiger partial charge in [0.2, 0.25) is 0 Å². The van der Waals surface area contributed by atoms with Gasteiger partial charge in [0.1, 0.15) is 6.04 Å². The molecule has 0 aromatic heterocycles. The second kappa shape index (κ2) is 11.9. The number of non-ortho nitro benzene ring substituents is 2. The number of carbonyl (C=O) groups excluding carboxylic acids is 2. The molecule has 0 saturated heterocycles. The van der Waals surface area contributed by atoms with E-state index in [4.69, 9.17) is 0 Å². The number of carbonyl (C=O) groups is 2. The highest BCUT2D eigenvalue weighted by Gasteiger charge is 2.25. The van der Waals surface area contributed by atoms with Crippen LogP contribution in [0, 0.1) is 20.2 Å². The van der Waals surface area contributed by atoms with Crippen LogP contribution in [0.4, 0.5) is 11.4 Å². The number of rotatable bonds is 10. The van der Waals surface area contributed by atoms with E-state index in [0.29, 0.717) is 5.75 Å². The lowest BCUT2D eigenvalue weighted by atomic mass is 10.1. The Bertz CT molecular complexity index is 1070. The lowest BCUT2D eigenvalue weighted by molar-refractivity contribution is -0.394. The number of hydrazone groups is 1. The Hall–Kier alpha value is -3.80. The molecular formula is C22H23N5O6S. The molecule has 0 aliphatic heterocycles. The van der Waals surface area contributed by atoms with Crippen LogP contribution < -0.4 is 10.7 Å². The second-order valence-corrected chi connectivity index (χ2v) is 8.67. The van der Waals surface area contributed by atoms with E-state index < -0.39 is 39.1 Å². The minimum Gasteiger partial charge on any atom is -0.339 e. The van der Waals surface area contributed by atoms with Crippen molar-refractivity contribution in [3.63, 3.8) is 0 Å². The van der Waals surface area contributed by atoms with Crippen LogP contribution in [-0.4, -0.2) is 39.2 Å². The molecule has 2 N–H and O–H groups in total. The summed E-state index contributed by atoms with van der Waals surface area (Å²) in [5.74, 6) is -0.569. The minimum absolute atomic E-state index is 0.203. The van der Waals surface area contributed by atoms with E-state index >= 15 is 0 Å². The van der Waals surface area contributed by atoms with Gasteiger partial charge < -0.3 is 5.32 Å². The van der Waals surface area contributed by atoms with Gasteiger partial charge in [-0.2, -0.15) is 16.9 Å². The molecule has 1 unspecified atom stereocenters. The van der Waals surface area contributed by atoms with Crippen molar-refractivity contribution in [3.8, 4) is 0 Å². The quantitative estimate of drug-likeness (QED) is 0.384. The van der Waals surface area contributed by atoms with E-state index in [2.05, 4.69) is 15.8 Å². The van der Waals surface area contributed by atoms with Gasteiger partial charge in [0.05, 0.1) is 21.5 Å². The summed E-state index contributed by atoms with van der Waals surface area (Å²) < 4.78 is 0. The monoisotopic (exact) mass is 485 g/mol. The van der Waals surface area contributed by atoms with Gasteiger partial charge in [-0.15, -0.1) is 0 Å². The number of thioether (sulfide) groups is 1. The Kier molecular flexibility index (Phi) is 8.68. The molecule has 1 aliphatic carbocycles. The standard InChI is InChI=1S/C22H23N5O6S/c28-21(16-10-18(26(30)31)12-19(11-16)27(32)33)23-20(14-34-13-15-6-2-1-3-7-15)22(29)25-24-17-8-4-5-9-17/h1-3,6-7,10-12,20H,4-5,8-9,13-14H2,(H,23,28)(H,25,29). The largest absolute Gasteiger partial charge is 0.339 e. The number of hydrogen-bond donors (Lipinski definition) is 2. The number of benzene rings is 2. The van der Waals surface area contributed by atoms with E-state index in [1.54, 1.807) is 0 Å². The van der Waals surface area contributed by atoms with Gasteiger partial charge in [0.15, 0.2) is 0 Å². The van der Waals surface area contributed by atoms with Crippen LogP contribution in [0.1, 0.15) is 41.6 Å². The van der Waals surface area contributed by atoms with Gasteiger partial charge in [-0.25, -0.2) is 5.43 Å². The highest BCUT2D eigenvalue weighted by molar-refractivity contribution is 7.98. The van der Waals surface area contributed by atoms with Crippen molar-refractivity contribution < 1.29 is 19.4 Å². The topological polar surface area (TPSA) is 157 Å². The molecule has 0 bridgehead atoms. The van der Waals surface area contributed by atoms with Crippen molar-refractivity contribution in [2.45, 2.75) is 37.5 Å². The number of nitro groups is 2. The average molecular weight is 486 g/mol. The van der Waals surface area contributed by atoms with Crippen LogP contribution in [-0.2, 0) is 10.5 Å². The van der Waals surface area contributed by atoms with Crippen molar-refractivity contribution in [2.75, 3.05) is 5.75 Å². The van der Waals surface area contributed by atoms with Gasteiger partial charge in [-0.05, 0) is 31.2 Å².